The lowest BCUT2D eigenvalue weighted by atomic mass is 10.1. The van der Waals surface area contributed by atoms with E-state index in [1.54, 1.807) is 7.11 Å². The minimum absolute atomic E-state index is 0.616. The molecule has 0 radical (unpaired) electrons. The number of halogens is 1. The van der Waals surface area contributed by atoms with Gasteiger partial charge in [-0.1, -0.05) is 61.5 Å². The van der Waals surface area contributed by atoms with Crippen molar-refractivity contribution >= 4 is 26.7 Å². The highest BCUT2D eigenvalue weighted by Gasteiger charge is 2.11. The maximum Gasteiger partial charge on any atom is 0.168 e. The summed E-state index contributed by atoms with van der Waals surface area (Å²) in [5, 5.41) is 2.18. The zero-order valence-corrected chi connectivity index (χ0v) is 19.9. The van der Waals surface area contributed by atoms with Gasteiger partial charge in [-0.2, -0.15) is 0 Å². The molecule has 0 amide bonds. The predicted molar refractivity (Wildman–Crippen MR) is 127 cm³/mol. The zero-order chi connectivity index (χ0) is 20.9. The molecule has 0 saturated heterocycles. The average Bonchev–Trinajstić information content (AvgIpc) is 2.75. The summed E-state index contributed by atoms with van der Waals surface area (Å²) >= 11 is 3.69. The van der Waals surface area contributed by atoms with Gasteiger partial charge in [0.15, 0.2) is 11.5 Å². The highest BCUT2D eigenvalue weighted by atomic mass is 79.9. The van der Waals surface area contributed by atoms with E-state index in [0.29, 0.717) is 11.4 Å². The first-order valence-electron chi connectivity index (χ1n) is 11.2. The molecule has 2 aromatic carbocycles. The van der Waals surface area contributed by atoms with Crippen LogP contribution in [0.4, 0.5) is 0 Å². The van der Waals surface area contributed by atoms with E-state index in [9.17, 15) is 0 Å². The lowest BCUT2D eigenvalue weighted by molar-refractivity contribution is 0.286. The molecule has 0 aliphatic carbocycles. The monoisotopic (exact) mass is 464 g/mol. The Balaban J connectivity index is 1.90. The predicted octanol–water partition coefficient (Wildman–Crippen LogP) is 7.92. The molecular weight excluding hydrogens is 428 g/mol. The summed E-state index contributed by atoms with van der Waals surface area (Å²) < 4.78 is 17.6. The molecule has 0 aliphatic rings. The molecule has 1 unspecified atom stereocenters. The molecule has 0 aliphatic heterocycles. The minimum Gasteiger partial charge on any atom is -0.494 e. The summed E-state index contributed by atoms with van der Waals surface area (Å²) in [6.07, 6.45) is 10.8. The summed E-state index contributed by atoms with van der Waals surface area (Å²) in [6, 6.07) is 10.3. The first-order valence-corrected chi connectivity index (χ1v) is 12.1. The van der Waals surface area contributed by atoms with Crippen LogP contribution in [-0.4, -0.2) is 25.2 Å². The van der Waals surface area contributed by atoms with Gasteiger partial charge in [0.25, 0.3) is 0 Å². The largest absolute Gasteiger partial charge is 0.494 e. The molecule has 0 heterocycles. The molecule has 0 fully saturated rings. The van der Waals surface area contributed by atoms with E-state index in [2.05, 4.69) is 48.0 Å². The van der Waals surface area contributed by atoms with Crippen molar-refractivity contribution < 1.29 is 14.2 Å². The molecule has 29 heavy (non-hydrogen) atoms. The van der Waals surface area contributed by atoms with Gasteiger partial charge in [0.05, 0.1) is 20.3 Å². The fourth-order valence-corrected chi connectivity index (χ4v) is 3.75. The molecule has 4 heteroatoms. The SMILES string of the molecule is CCCCCCCOc1ccc2c(OC)c(OCCCCC(Br)CC)ccc2c1. The maximum atomic E-state index is 6.02. The van der Waals surface area contributed by atoms with Gasteiger partial charge in [-0.05, 0) is 61.8 Å². The van der Waals surface area contributed by atoms with Gasteiger partial charge in [0, 0.05) is 10.2 Å². The lowest BCUT2D eigenvalue weighted by Crippen LogP contribution is -2.02. The van der Waals surface area contributed by atoms with Crippen molar-refractivity contribution in [3.05, 3.63) is 30.3 Å². The van der Waals surface area contributed by atoms with Gasteiger partial charge in [-0.3, -0.25) is 0 Å². The Hall–Kier alpha value is -1.42. The van der Waals surface area contributed by atoms with Gasteiger partial charge in [0.2, 0.25) is 0 Å². The Labute approximate surface area is 185 Å². The van der Waals surface area contributed by atoms with Crippen LogP contribution in [0.2, 0.25) is 0 Å². The number of hydrogen-bond donors (Lipinski definition) is 0. The molecule has 2 aromatic rings. The van der Waals surface area contributed by atoms with E-state index in [4.69, 9.17) is 14.2 Å². The molecule has 0 spiro atoms. The van der Waals surface area contributed by atoms with Crippen molar-refractivity contribution in [2.24, 2.45) is 0 Å². The Morgan fingerprint density at radius 3 is 2.38 bits per heavy atom. The molecule has 0 aromatic heterocycles. The second kappa shape index (κ2) is 13.7. The van der Waals surface area contributed by atoms with Crippen molar-refractivity contribution in [1.29, 1.82) is 0 Å². The highest BCUT2D eigenvalue weighted by molar-refractivity contribution is 9.09. The van der Waals surface area contributed by atoms with Crippen LogP contribution in [0.3, 0.4) is 0 Å². The quantitative estimate of drug-likeness (QED) is 0.198. The Morgan fingerprint density at radius 2 is 1.62 bits per heavy atom. The third kappa shape index (κ3) is 8.08. The number of hydrogen-bond acceptors (Lipinski definition) is 3. The fourth-order valence-electron chi connectivity index (χ4n) is 3.42. The summed E-state index contributed by atoms with van der Waals surface area (Å²) in [5.74, 6) is 2.54. The average molecular weight is 465 g/mol. The molecule has 0 saturated carbocycles. The molecule has 0 N–H and O–H groups in total. The van der Waals surface area contributed by atoms with E-state index in [-0.39, 0.29) is 0 Å². The van der Waals surface area contributed by atoms with Gasteiger partial charge < -0.3 is 14.2 Å². The standard InChI is InChI=1S/C25H37BrO3/c1-4-6-7-8-10-17-28-22-14-15-23-20(19-22)13-16-24(25(23)27-3)29-18-11-9-12-21(26)5-2/h13-16,19,21H,4-12,17-18H2,1-3H3. The van der Waals surface area contributed by atoms with E-state index >= 15 is 0 Å². The Kier molecular flexibility index (Phi) is 11.3. The molecule has 0 bridgehead atoms. The molecule has 162 valence electrons. The van der Waals surface area contributed by atoms with E-state index in [1.807, 2.05) is 12.1 Å². The second-order valence-corrected chi connectivity index (χ2v) is 8.89. The number of ether oxygens (including phenoxy) is 3. The maximum absolute atomic E-state index is 6.02. The number of rotatable bonds is 15. The molecule has 3 nitrogen and oxygen atoms in total. The van der Waals surface area contributed by atoms with Crippen LogP contribution in [-0.2, 0) is 0 Å². The minimum atomic E-state index is 0.616. The summed E-state index contributed by atoms with van der Waals surface area (Å²) in [5.41, 5.74) is 0. The number of unbranched alkanes of at least 4 members (excludes halogenated alkanes) is 5. The van der Waals surface area contributed by atoms with Gasteiger partial charge in [-0.15, -0.1) is 0 Å². The van der Waals surface area contributed by atoms with Crippen molar-refractivity contribution in [1.82, 2.24) is 0 Å². The van der Waals surface area contributed by atoms with E-state index in [0.717, 1.165) is 47.5 Å². The fraction of sp³-hybridized carbons (Fsp3) is 0.600. The highest BCUT2D eigenvalue weighted by Crippen LogP contribution is 2.37. The molecular formula is C25H37BrO3. The third-order valence-electron chi connectivity index (χ3n) is 5.24. The smallest absolute Gasteiger partial charge is 0.168 e. The van der Waals surface area contributed by atoms with Crippen LogP contribution in [0.15, 0.2) is 30.3 Å². The van der Waals surface area contributed by atoms with E-state index < -0.39 is 0 Å². The number of alkyl halides is 1. The van der Waals surface area contributed by atoms with Gasteiger partial charge in [0.1, 0.15) is 5.75 Å². The molecule has 2 rings (SSSR count). The zero-order valence-electron chi connectivity index (χ0n) is 18.3. The number of fused-ring (bicyclic) bond motifs is 1. The normalized spacial score (nSPS) is 12.1. The summed E-state index contributed by atoms with van der Waals surface area (Å²) in [4.78, 5) is 0.616. The van der Waals surface area contributed by atoms with Crippen molar-refractivity contribution in [2.45, 2.75) is 76.5 Å². The van der Waals surface area contributed by atoms with Crippen LogP contribution < -0.4 is 14.2 Å². The van der Waals surface area contributed by atoms with Crippen molar-refractivity contribution in [2.75, 3.05) is 20.3 Å². The van der Waals surface area contributed by atoms with Crippen molar-refractivity contribution in [3.63, 3.8) is 0 Å². The summed E-state index contributed by atoms with van der Waals surface area (Å²) in [6.45, 7) is 5.94. The molecule has 1 atom stereocenters. The van der Waals surface area contributed by atoms with Crippen LogP contribution in [0.5, 0.6) is 17.2 Å². The van der Waals surface area contributed by atoms with Crippen LogP contribution in [0.1, 0.15) is 71.6 Å². The number of benzene rings is 2. The van der Waals surface area contributed by atoms with Crippen LogP contribution >= 0.6 is 15.9 Å². The van der Waals surface area contributed by atoms with Crippen LogP contribution in [0.25, 0.3) is 10.8 Å². The first kappa shape index (κ1) is 23.9. The summed E-state index contributed by atoms with van der Waals surface area (Å²) in [7, 11) is 1.71. The second-order valence-electron chi connectivity index (χ2n) is 7.59. The Bertz CT molecular complexity index is 717. The van der Waals surface area contributed by atoms with Gasteiger partial charge >= 0.3 is 0 Å². The lowest BCUT2D eigenvalue weighted by Gasteiger charge is -2.14. The van der Waals surface area contributed by atoms with E-state index in [1.165, 1.54) is 44.9 Å². The van der Waals surface area contributed by atoms with Gasteiger partial charge in [-0.25, -0.2) is 0 Å². The first-order chi connectivity index (χ1) is 14.2. The number of methoxy groups -OCH3 is 1. The van der Waals surface area contributed by atoms with Crippen LogP contribution in [0, 0.1) is 0 Å². The van der Waals surface area contributed by atoms with Crippen molar-refractivity contribution in [3.8, 4) is 17.2 Å². The topological polar surface area (TPSA) is 27.7 Å². The third-order valence-corrected chi connectivity index (χ3v) is 6.34. The Morgan fingerprint density at radius 1 is 0.862 bits per heavy atom.